The van der Waals surface area contributed by atoms with Crippen molar-refractivity contribution in [3.05, 3.63) is 53.1 Å². The van der Waals surface area contributed by atoms with Crippen molar-refractivity contribution in [1.29, 1.82) is 0 Å². The fourth-order valence-electron chi connectivity index (χ4n) is 4.66. The van der Waals surface area contributed by atoms with Crippen LogP contribution < -0.4 is 0 Å². The van der Waals surface area contributed by atoms with E-state index >= 15 is 0 Å². The molecule has 2 aliphatic heterocycles. The molecule has 4 rings (SSSR count). The van der Waals surface area contributed by atoms with Gasteiger partial charge in [-0.05, 0) is 32.3 Å². The van der Waals surface area contributed by atoms with Crippen LogP contribution in [0.5, 0.6) is 0 Å². The highest BCUT2D eigenvalue weighted by atomic mass is 16.5. The summed E-state index contributed by atoms with van der Waals surface area (Å²) in [6.07, 6.45) is 1.69. The highest BCUT2D eigenvalue weighted by molar-refractivity contribution is 5.22. The van der Waals surface area contributed by atoms with Crippen molar-refractivity contribution in [2.24, 2.45) is 7.05 Å². The van der Waals surface area contributed by atoms with Crippen molar-refractivity contribution in [2.45, 2.75) is 51.5 Å². The molecule has 2 aromatic rings. The molecule has 2 saturated heterocycles. The van der Waals surface area contributed by atoms with Gasteiger partial charge in [0.1, 0.15) is 5.82 Å². The first-order chi connectivity index (χ1) is 14.0. The molecule has 6 heteroatoms. The fraction of sp³-hybridized carbons (Fsp3) is 0.609. The number of aromatic nitrogens is 2. The van der Waals surface area contributed by atoms with Crippen LogP contribution in [0, 0.1) is 13.8 Å². The molecule has 6 nitrogen and oxygen atoms in total. The molecule has 2 aliphatic rings. The zero-order valence-corrected chi connectivity index (χ0v) is 17.9. The van der Waals surface area contributed by atoms with Gasteiger partial charge in [0.15, 0.2) is 0 Å². The number of morpholine rings is 1. The SMILES string of the molecule is Cc1nc(CN2CCO[C@@H](CN3CCC(O)CC3)[C@@H]2c2ccccc2)n(C)c1C. The smallest absolute Gasteiger partial charge is 0.123 e. The molecule has 29 heavy (non-hydrogen) atoms. The van der Waals surface area contributed by atoms with Crippen molar-refractivity contribution < 1.29 is 9.84 Å². The second-order valence-electron chi connectivity index (χ2n) is 8.52. The lowest BCUT2D eigenvalue weighted by molar-refractivity contribution is -0.0923. The van der Waals surface area contributed by atoms with Crippen LogP contribution in [-0.2, 0) is 18.3 Å². The number of aliphatic hydroxyl groups is 1. The van der Waals surface area contributed by atoms with E-state index < -0.39 is 0 Å². The minimum Gasteiger partial charge on any atom is -0.393 e. The molecule has 158 valence electrons. The first-order valence-electron chi connectivity index (χ1n) is 10.8. The van der Waals surface area contributed by atoms with E-state index in [0.29, 0.717) is 0 Å². The minimum atomic E-state index is -0.144. The van der Waals surface area contributed by atoms with Gasteiger partial charge in [-0.3, -0.25) is 4.90 Å². The van der Waals surface area contributed by atoms with Gasteiger partial charge in [0.25, 0.3) is 0 Å². The lowest BCUT2D eigenvalue weighted by Crippen LogP contribution is -2.51. The summed E-state index contributed by atoms with van der Waals surface area (Å²) < 4.78 is 8.54. The first-order valence-corrected chi connectivity index (χ1v) is 10.8. The minimum absolute atomic E-state index is 0.115. The summed E-state index contributed by atoms with van der Waals surface area (Å²) in [4.78, 5) is 9.80. The quantitative estimate of drug-likeness (QED) is 0.838. The van der Waals surface area contributed by atoms with Gasteiger partial charge in [0, 0.05) is 38.9 Å². The number of likely N-dealkylation sites (tertiary alicyclic amines) is 1. The summed E-state index contributed by atoms with van der Waals surface area (Å²) in [6, 6.07) is 10.9. The number of aryl methyl sites for hydroxylation is 1. The third-order valence-corrected chi connectivity index (χ3v) is 6.65. The third kappa shape index (κ3) is 4.56. The zero-order chi connectivity index (χ0) is 20.4. The normalized spacial score (nSPS) is 24.8. The Kier molecular flexibility index (Phi) is 6.35. The Labute approximate surface area is 174 Å². The number of piperidine rings is 1. The van der Waals surface area contributed by atoms with E-state index in [0.717, 1.165) is 63.7 Å². The predicted octanol–water partition coefficient (Wildman–Crippen LogP) is 2.44. The number of hydrogen-bond donors (Lipinski definition) is 1. The van der Waals surface area contributed by atoms with Crippen LogP contribution in [0.1, 0.15) is 41.7 Å². The Balaban J connectivity index is 1.57. The Morgan fingerprint density at radius 2 is 1.83 bits per heavy atom. The first kappa shape index (κ1) is 20.5. The zero-order valence-electron chi connectivity index (χ0n) is 17.9. The van der Waals surface area contributed by atoms with Gasteiger partial charge in [-0.25, -0.2) is 4.98 Å². The van der Waals surface area contributed by atoms with Crippen molar-refractivity contribution >= 4 is 0 Å². The van der Waals surface area contributed by atoms with Crippen molar-refractivity contribution in [3.63, 3.8) is 0 Å². The lowest BCUT2D eigenvalue weighted by Gasteiger charge is -2.43. The predicted molar refractivity (Wildman–Crippen MR) is 114 cm³/mol. The van der Waals surface area contributed by atoms with E-state index in [1.807, 2.05) is 0 Å². The molecule has 3 heterocycles. The number of imidazole rings is 1. The summed E-state index contributed by atoms with van der Waals surface area (Å²) in [7, 11) is 2.11. The molecule has 2 atom stereocenters. The van der Waals surface area contributed by atoms with Gasteiger partial charge in [-0.2, -0.15) is 0 Å². The largest absolute Gasteiger partial charge is 0.393 e. The Morgan fingerprint density at radius 3 is 2.48 bits per heavy atom. The highest BCUT2D eigenvalue weighted by Crippen LogP contribution is 2.32. The summed E-state index contributed by atoms with van der Waals surface area (Å²) in [5, 5.41) is 9.84. The molecule has 0 bridgehead atoms. The van der Waals surface area contributed by atoms with E-state index in [1.54, 1.807) is 0 Å². The van der Waals surface area contributed by atoms with Gasteiger partial charge in [-0.1, -0.05) is 30.3 Å². The summed E-state index contributed by atoms with van der Waals surface area (Å²) >= 11 is 0. The molecule has 0 aliphatic carbocycles. The fourth-order valence-corrected chi connectivity index (χ4v) is 4.66. The van der Waals surface area contributed by atoms with Gasteiger partial charge in [0.05, 0.1) is 37.1 Å². The molecule has 0 saturated carbocycles. The van der Waals surface area contributed by atoms with Crippen molar-refractivity contribution in [2.75, 3.05) is 32.8 Å². The second kappa shape index (κ2) is 8.96. The van der Waals surface area contributed by atoms with E-state index in [-0.39, 0.29) is 18.2 Å². The standard InChI is InChI=1S/C23H34N4O2/c1-17-18(2)25(3)22(24-17)16-27-13-14-29-21(15-26-11-9-20(28)10-12-26)23(27)19-7-5-4-6-8-19/h4-8,20-21,23,28H,9-16H2,1-3H3/t21-,23-/m0/s1. The molecule has 0 unspecified atom stereocenters. The maximum Gasteiger partial charge on any atom is 0.123 e. The second-order valence-corrected chi connectivity index (χ2v) is 8.52. The van der Waals surface area contributed by atoms with Gasteiger partial charge in [-0.15, -0.1) is 0 Å². The van der Waals surface area contributed by atoms with Gasteiger partial charge in [0.2, 0.25) is 0 Å². The Bertz CT molecular complexity index is 799. The molecular formula is C23H34N4O2. The third-order valence-electron chi connectivity index (χ3n) is 6.65. The van der Waals surface area contributed by atoms with Crippen LogP contribution in [0.25, 0.3) is 0 Å². The van der Waals surface area contributed by atoms with Crippen molar-refractivity contribution in [1.82, 2.24) is 19.4 Å². The Morgan fingerprint density at radius 1 is 1.10 bits per heavy atom. The molecular weight excluding hydrogens is 364 g/mol. The van der Waals surface area contributed by atoms with Crippen LogP contribution in [-0.4, -0.2) is 69.5 Å². The summed E-state index contributed by atoms with van der Waals surface area (Å²) in [5.74, 6) is 1.11. The van der Waals surface area contributed by atoms with E-state index in [1.165, 1.54) is 11.3 Å². The van der Waals surface area contributed by atoms with Crippen LogP contribution in [0.3, 0.4) is 0 Å². The molecule has 1 aromatic carbocycles. The van der Waals surface area contributed by atoms with Crippen LogP contribution >= 0.6 is 0 Å². The van der Waals surface area contributed by atoms with Gasteiger partial charge < -0.3 is 19.3 Å². The van der Waals surface area contributed by atoms with Gasteiger partial charge >= 0.3 is 0 Å². The van der Waals surface area contributed by atoms with Crippen LogP contribution in [0.15, 0.2) is 30.3 Å². The number of hydrogen-bond acceptors (Lipinski definition) is 5. The molecule has 2 fully saturated rings. The monoisotopic (exact) mass is 398 g/mol. The number of aliphatic hydroxyl groups excluding tert-OH is 1. The van der Waals surface area contributed by atoms with E-state index in [9.17, 15) is 5.11 Å². The molecule has 1 aromatic heterocycles. The summed E-state index contributed by atoms with van der Waals surface area (Å²) in [6.45, 7) is 9.48. The number of rotatable bonds is 5. The van der Waals surface area contributed by atoms with E-state index in [4.69, 9.17) is 9.72 Å². The molecule has 0 spiro atoms. The number of ether oxygens (including phenoxy) is 1. The Hall–Kier alpha value is -1.73. The summed E-state index contributed by atoms with van der Waals surface area (Å²) in [5.41, 5.74) is 3.64. The maximum atomic E-state index is 9.84. The number of nitrogens with zero attached hydrogens (tertiary/aromatic N) is 4. The van der Waals surface area contributed by atoms with Crippen LogP contribution in [0.4, 0.5) is 0 Å². The lowest BCUT2D eigenvalue weighted by atomic mass is 9.96. The average molecular weight is 399 g/mol. The van der Waals surface area contributed by atoms with Crippen molar-refractivity contribution in [3.8, 4) is 0 Å². The molecule has 1 N–H and O–H groups in total. The highest BCUT2D eigenvalue weighted by Gasteiger charge is 2.36. The number of benzene rings is 1. The molecule has 0 amide bonds. The van der Waals surface area contributed by atoms with E-state index in [2.05, 4.69) is 65.6 Å². The topological polar surface area (TPSA) is 53.8 Å². The molecule has 0 radical (unpaired) electrons. The average Bonchev–Trinajstić information content (AvgIpc) is 2.97. The van der Waals surface area contributed by atoms with Crippen LogP contribution in [0.2, 0.25) is 0 Å². The maximum absolute atomic E-state index is 9.84.